The van der Waals surface area contributed by atoms with Crippen LogP contribution in [0.1, 0.15) is 0 Å². The van der Waals surface area contributed by atoms with E-state index in [9.17, 15) is 23.9 Å². The molecular formula is C6H15O15P3. The number of aliphatic hydroxyl groups is 2. The first kappa shape index (κ1) is 22.3. The predicted octanol–water partition coefficient (Wildman–Crippen LogP) is -2.87. The van der Waals surface area contributed by atoms with Gasteiger partial charge >= 0.3 is 23.5 Å². The zero-order chi connectivity index (χ0) is 18.9. The van der Waals surface area contributed by atoms with Crippen molar-refractivity contribution >= 4 is 23.5 Å². The molecule has 0 aromatic rings. The second-order valence-electron chi connectivity index (χ2n) is 4.46. The number of hydrogen-bond donors (Lipinski definition) is 8. The van der Waals surface area contributed by atoms with Crippen molar-refractivity contribution in [3.63, 3.8) is 0 Å². The number of rotatable bonds is 7. The molecule has 0 spiro atoms. The number of hydrogen-bond acceptors (Lipinski definition) is 9. The molecule has 144 valence electrons. The van der Waals surface area contributed by atoms with Gasteiger partial charge in [-0.05, 0) is 0 Å². The summed E-state index contributed by atoms with van der Waals surface area (Å²) in [6.07, 6.45) is -10.7. The molecule has 0 amide bonds. The third kappa shape index (κ3) is 7.62. The Morgan fingerprint density at radius 3 is 1.67 bits per heavy atom. The van der Waals surface area contributed by atoms with Gasteiger partial charge in [0.1, 0.15) is 24.4 Å². The van der Waals surface area contributed by atoms with Gasteiger partial charge in [-0.15, -0.1) is 0 Å². The lowest BCUT2D eigenvalue weighted by atomic mass is 9.99. The van der Waals surface area contributed by atoms with Gasteiger partial charge in [0.05, 0.1) is 6.61 Å². The Hall–Kier alpha value is 0.210. The molecule has 0 bridgehead atoms. The van der Waals surface area contributed by atoms with Gasteiger partial charge in [0.25, 0.3) is 0 Å². The molecule has 0 saturated carbocycles. The highest BCUT2D eigenvalue weighted by molar-refractivity contribution is 7.46. The fraction of sp³-hybridized carbons (Fsp3) is 1.00. The summed E-state index contributed by atoms with van der Waals surface area (Å²) in [6.45, 7) is -1.05. The van der Waals surface area contributed by atoms with Gasteiger partial charge in [0, 0.05) is 0 Å². The Labute approximate surface area is 133 Å². The molecule has 0 unspecified atom stereocenters. The maximum atomic E-state index is 10.9. The SMILES string of the molecule is O=P(O)(O)OC[C@@H]1O[C@@H](O)[C@@H](OP(=O)(O)O)[C@H](OP(=O)(O)O)[C@H]1O. The van der Waals surface area contributed by atoms with Crippen LogP contribution in [0.2, 0.25) is 0 Å². The Balaban J connectivity index is 3.02. The fourth-order valence-electron chi connectivity index (χ4n) is 1.77. The van der Waals surface area contributed by atoms with E-state index < -0.39 is 60.8 Å². The van der Waals surface area contributed by atoms with Crippen molar-refractivity contribution in [2.24, 2.45) is 0 Å². The van der Waals surface area contributed by atoms with Crippen LogP contribution in [-0.2, 0) is 32.0 Å². The molecule has 0 aromatic heterocycles. The topological polar surface area (TPSA) is 250 Å². The molecule has 1 heterocycles. The average Bonchev–Trinajstić information content (AvgIpc) is 2.32. The third-order valence-electron chi connectivity index (χ3n) is 2.56. The molecule has 15 nitrogen and oxygen atoms in total. The van der Waals surface area contributed by atoms with Crippen LogP contribution >= 0.6 is 23.5 Å². The summed E-state index contributed by atoms with van der Waals surface area (Å²) in [5, 5.41) is 19.5. The van der Waals surface area contributed by atoms with Crippen LogP contribution in [-0.4, -0.2) is 76.9 Å². The fourth-order valence-corrected chi connectivity index (χ4v) is 3.21. The van der Waals surface area contributed by atoms with Gasteiger partial charge in [-0.2, -0.15) is 0 Å². The second-order valence-corrected chi connectivity index (χ2v) is 8.09. The lowest BCUT2D eigenvalue weighted by Crippen LogP contribution is -2.59. The molecular weight excluding hydrogens is 405 g/mol. The average molecular weight is 420 g/mol. The number of ether oxygens (including phenoxy) is 1. The second kappa shape index (κ2) is 7.84. The minimum absolute atomic E-state index is 1.05. The number of phosphoric ester groups is 3. The molecule has 0 aromatic carbocycles. The molecule has 24 heavy (non-hydrogen) atoms. The van der Waals surface area contributed by atoms with Crippen LogP contribution in [0, 0.1) is 0 Å². The highest BCUT2D eigenvalue weighted by Gasteiger charge is 2.51. The van der Waals surface area contributed by atoms with E-state index in [2.05, 4.69) is 18.3 Å². The first-order valence-corrected chi connectivity index (χ1v) is 10.4. The third-order valence-corrected chi connectivity index (χ3v) is 4.08. The molecule has 1 rings (SSSR count). The maximum absolute atomic E-state index is 10.9. The van der Waals surface area contributed by atoms with E-state index in [0.29, 0.717) is 0 Å². The molecule has 18 heteroatoms. The Bertz CT molecular complexity index is 560. The summed E-state index contributed by atoms with van der Waals surface area (Å²) in [5.41, 5.74) is 0. The van der Waals surface area contributed by atoms with E-state index in [1.54, 1.807) is 0 Å². The van der Waals surface area contributed by atoms with Crippen molar-refractivity contribution in [2.75, 3.05) is 6.61 Å². The van der Waals surface area contributed by atoms with Gasteiger partial charge in [-0.25, -0.2) is 13.7 Å². The highest BCUT2D eigenvalue weighted by atomic mass is 31.2. The van der Waals surface area contributed by atoms with Crippen molar-refractivity contribution in [3.05, 3.63) is 0 Å². The smallest absolute Gasteiger partial charge is 0.387 e. The van der Waals surface area contributed by atoms with Crippen molar-refractivity contribution in [1.29, 1.82) is 0 Å². The molecule has 1 aliphatic rings. The van der Waals surface area contributed by atoms with Crippen LogP contribution in [0.4, 0.5) is 0 Å². The summed E-state index contributed by atoms with van der Waals surface area (Å²) in [7, 11) is -15.6. The summed E-state index contributed by atoms with van der Waals surface area (Å²) in [5.74, 6) is 0. The molecule has 5 atom stereocenters. The molecule has 1 fully saturated rings. The molecule has 1 saturated heterocycles. The van der Waals surface area contributed by atoms with Crippen molar-refractivity contribution in [3.8, 4) is 0 Å². The Kier molecular flexibility index (Phi) is 7.27. The van der Waals surface area contributed by atoms with E-state index in [1.165, 1.54) is 0 Å². The predicted molar refractivity (Wildman–Crippen MR) is 68.7 cm³/mol. The van der Waals surface area contributed by atoms with Crippen LogP contribution in [0.15, 0.2) is 0 Å². The van der Waals surface area contributed by atoms with Gasteiger partial charge in [-0.3, -0.25) is 13.6 Å². The molecule has 8 N–H and O–H groups in total. The van der Waals surface area contributed by atoms with Crippen LogP contribution in [0.3, 0.4) is 0 Å². The summed E-state index contributed by atoms with van der Waals surface area (Å²) in [6, 6.07) is 0. The summed E-state index contributed by atoms with van der Waals surface area (Å²) in [4.78, 5) is 52.2. The van der Waals surface area contributed by atoms with Gasteiger partial charge in [0.2, 0.25) is 0 Å². The first-order chi connectivity index (χ1) is 10.6. The van der Waals surface area contributed by atoms with Gasteiger partial charge in [-0.1, -0.05) is 0 Å². The quantitative estimate of drug-likeness (QED) is 0.193. The lowest BCUT2D eigenvalue weighted by molar-refractivity contribution is -0.279. The van der Waals surface area contributed by atoms with E-state index in [-0.39, 0.29) is 0 Å². The van der Waals surface area contributed by atoms with Crippen molar-refractivity contribution in [1.82, 2.24) is 0 Å². The molecule has 0 aliphatic carbocycles. The Morgan fingerprint density at radius 2 is 1.25 bits per heavy atom. The van der Waals surface area contributed by atoms with Gasteiger partial charge in [0.15, 0.2) is 6.29 Å². The first-order valence-electron chi connectivity index (χ1n) is 5.78. The van der Waals surface area contributed by atoms with Crippen LogP contribution < -0.4 is 0 Å². The largest absolute Gasteiger partial charge is 0.470 e. The molecule has 0 radical (unpaired) electrons. The van der Waals surface area contributed by atoms with Crippen LogP contribution in [0.5, 0.6) is 0 Å². The minimum Gasteiger partial charge on any atom is -0.387 e. The van der Waals surface area contributed by atoms with E-state index in [0.717, 1.165) is 0 Å². The lowest BCUT2D eigenvalue weighted by Gasteiger charge is -2.41. The van der Waals surface area contributed by atoms with E-state index in [4.69, 9.17) is 29.4 Å². The normalized spacial score (nSPS) is 32.8. The van der Waals surface area contributed by atoms with Crippen LogP contribution in [0.25, 0.3) is 0 Å². The summed E-state index contributed by atoms with van der Waals surface area (Å²) >= 11 is 0. The standard InChI is InChI=1S/C6H15O15P3/c7-3-2(1-18-22(9,10)11)19-6(8)5(21-24(15,16)17)4(3)20-23(12,13)14/h2-8H,1H2,(H2,9,10,11)(H2,12,13,14)(H2,15,16,17)/t2-,3-,4+,5-,6+/m0/s1. The summed E-state index contributed by atoms with van der Waals surface area (Å²) < 4.78 is 49.3. The zero-order valence-electron chi connectivity index (χ0n) is 11.4. The van der Waals surface area contributed by atoms with E-state index >= 15 is 0 Å². The Morgan fingerprint density at radius 1 is 0.792 bits per heavy atom. The van der Waals surface area contributed by atoms with Crippen molar-refractivity contribution in [2.45, 2.75) is 30.7 Å². The van der Waals surface area contributed by atoms with Gasteiger partial charge < -0.3 is 44.3 Å². The maximum Gasteiger partial charge on any atom is 0.470 e. The van der Waals surface area contributed by atoms with E-state index in [1.807, 2.05) is 0 Å². The van der Waals surface area contributed by atoms with Crippen molar-refractivity contribution < 1.29 is 71.6 Å². The molecule has 1 aliphatic heterocycles. The monoisotopic (exact) mass is 420 g/mol. The number of phosphoric acid groups is 3. The minimum atomic E-state index is -5.33. The number of aliphatic hydroxyl groups excluding tert-OH is 2. The zero-order valence-corrected chi connectivity index (χ0v) is 14.1. The highest BCUT2D eigenvalue weighted by Crippen LogP contribution is 2.46.